The molecule has 0 aliphatic carbocycles. The van der Waals surface area contributed by atoms with Gasteiger partial charge in [0, 0.05) is 31.8 Å². The maximum atomic E-state index is 6.01. The van der Waals surface area contributed by atoms with E-state index in [1.807, 2.05) is 18.2 Å². The summed E-state index contributed by atoms with van der Waals surface area (Å²) < 4.78 is 5.20. The van der Waals surface area contributed by atoms with E-state index in [0.29, 0.717) is 5.92 Å². The van der Waals surface area contributed by atoms with Gasteiger partial charge >= 0.3 is 0 Å². The Kier molecular flexibility index (Phi) is 4.13. The van der Waals surface area contributed by atoms with Crippen molar-refractivity contribution in [2.45, 2.75) is 12.8 Å². The van der Waals surface area contributed by atoms with Crippen LogP contribution in [0.15, 0.2) is 18.2 Å². The maximum absolute atomic E-state index is 6.01. The zero-order chi connectivity index (χ0) is 12.3. The van der Waals surface area contributed by atoms with Crippen molar-refractivity contribution >= 4 is 23.0 Å². The Labute approximate surface area is 107 Å². The van der Waals surface area contributed by atoms with Crippen molar-refractivity contribution in [3.05, 3.63) is 23.2 Å². The summed E-state index contributed by atoms with van der Waals surface area (Å²) in [6.07, 6.45) is 2.31. The molecule has 1 aliphatic rings. The lowest BCUT2D eigenvalue weighted by Gasteiger charge is -2.34. The second-order valence-corrected chi connectivity index (χ2v) is 5.03. The summed E-state index contributed by atoms with van der Waals surface area (Å²) >= 11 is 6.01. The van der Waals surface area contributed by atoms with Crippen LogP contribution < -0.4 is 10.6 Å². The first-order valence-corrected chi connectivity index (χ1v) is 6.37. The first kappa shape index (κ1) is 12.5. The van der Waals surface area contributed by atoms with E-state index < -0.39 is 0 Å². The molecule has 1 heterocycles. The second kappa shape index (κ2) is 5.61. The number of benzene rings is 1. The molecule has 2 N–H and O–H groups in total. The molecule has 2 rings (SSSR count). The number of nitrogens with two attached hydrogens (primary N) is 1. The maximum Gasteiger partial charge on any atom is 0.0614 e. The highest BCUT2D eigenvalue weighted by Gasteiger charge is 2.20. The van der Waals surface area contributed by atoms with E-state index in [9.17, 15) is 0 Å². The zero-order valence-corrected chi connectivity index (χ0v) is 10.9. The number of hydrogen-bond donors (Lipinski definition) is 1. The smallest absolute Gasteiger partial charge is 0.0614 e. The summed E-state index contributed by atoms with van der Waals surface area (Å²) in [5.74, 6) is 0.677. The molecule has 4 heteroatoms. The summed E-state index contributed by atoms with van der Waals surface area (Å²) in [6.45, 7) is 2.91. The van der Waals surface area contributed by atoms with Gasteiger partial charge in [-0.1, -0.05) is 11.6 Å². The topological polar surface area (TPSA) is 38.5 Å². The molecule has 0 spiro atoms. The molecule has 1 saturated heterocycles. The molecule has 1 aromatic rings. The van der Waals surface area contributed by atoms with Crippen LogP contribution in [0, 0.1) is 5.92 Å². The molecular weight excluding hydrogens is 236 g/mol. The third-order valence-corrected chi connectivity index (χ3v) is 3.59. The number of ether oxygens (including phenoxy) is 1. The van der Waals surface area contributed by atoms with Crippen LogP contribution in [-0.4, -0.2) is 26.8 Å². The van der Waals surface area contributed by atoms with Crippen LogP contribution in [0.4, 0.5) is 11.4 Å². The summed E-state index contributed by atoms with van der Waals surface area (Å²) in [5, 5.41) is 0.744. The van der Waals surface area contributed by atoms with E-state index >= 15 is 0 Å². The number of methoxy groups -OCH3 is 1. The molecule has 0 radical (unpaired) electrons. The molecule has 0 aromatic heterocycles. The van der Waals surface area contributed by atoms with E-state index in [0.717, 1.165) is 48.9 Å². The Morgan fingerprint density at radius 3 is 2.76 bits per heavy atom. The van der Waals surface area contributed by atoms with Crippen molar-refractivity contribution < 1.29 is 4.74 Å². The molecule has 1 aromatic carbocycles. The fourth-order valence-corrected chi connectivity index (χ4v) is 2.53. The Bertz CT molecular complexity index is 376. The molecule has 3 nitrogen and oxygen atoms in total. The Morgan fingerprint density at radius 1 is 1.41 bits per heavy atom. The molecule has 17 heavy (non-hydrogen) atoms. The molecule has 0 atom stereocenters. The minimum atomic E-state index is 0.677. The van der Waals surface area contributed by atoms with Gasteiger partial charge in [0.2, 0.25) is 0 Å². The van der Waals surface area contributed by atoms with Gasteiger partial charge in [0.25, 0.3) is 0 Å². The van der Waals surface area contributed by atoms with Gasteiger partial charge in [-0.25, -0.2) is 0 Å². The van der Waals surface area contributed by atoms with Crippen molar-refractivity contribution in [3.8, 4) is 0 Å². The average Bonchev–Trinajstić information content (AvgIpc) is 2.34. The lowest BCUT2D eigenvalue weighted by atomic mass is 9.97. The molecule has 94 valence electrons. The summed E-state index contributed by atoms with van der Waals surface area (Å²) in [7, 11) is 1.77. The second-order valence-electron chi connectivity index (χ2n) is 4.59. The van der Waals surface area contributed by atoms with Gasteiger partial charge < -0.3 is 15.4 Å². The molecular formula is C13H19ClN2O. The molecule has 0 saturated carbocycles. The van der Waals surface area contributed by atoms with E-state index in [2.05, 4.69) is 4.90 Å². The fraction of sp³-hybridized carbons (Fsp3) is 0.538. The minimum absolute atomic E-state index is 0.677. The van der Waals surface area contributed by atoms with Crippen molar-refractivity contribution in [1.82, 2.24) is 0 Å². The monoisotopic (exact) mass is 254 g/mol. The average molecular weight is 255 g/mol. The van der Waals surface area contributed by atoms with Gasteiger partial charge in [0.1, 0.15) is 0 Å². The predicted molar refractivity (Wildman–Crippen MR) is 72.7 cm³/mol. The summed E-state index contributed by atoms with van der Waals surface area (Å²) in [4.78, 5) is 2.31. The van der Waals surface area contributed by atoms with Crippen molar-refractivity contribution in [2.75, 3.05) is 37.4 Å². The molecule has 0 bridgehead atoms. The zero-order valence-electron chi connectivity index (χ0n) is 10.2. The van der Waals surface area contributed by atoms with Gasteiger partial charge in [-0.2, -0.15) is 0 Å². The third-order valence-electron chi connectivity index (χ3n) is 3.35. The largest absolute Gasteiger partial charge is 0.397 e. The lowest BCUT2D eigenvalue weighted by Crippen LogP contribution is -2.35. The van der Waals surface area contributed by atoms with Crippen LogP contribution in [0.2, 0.25) is 5.02 Å². The Hall–Kier alpha value is -0.930. The van der Waals surface area contributed by atoms with E-state index in [4.69, 9.17) is 22.1 Å². The lowest BCUT2D eigenvalue weighted by molar-refractivity contribution is 0.139. The third kappa shape index (κ3) is 3.05. The number of nitrogens with zero attached hydrogens (tertiary/aromatic N) is 1. The van der Waals surface area contributed by atoms with Gasteiger partial charge in [-0.05, 0) is 37.0 Å². The number of hydrogen-bond acceptors (Lipinski definition) is 3. The fourth-order valence-electron chi connectivity index (χ4n) is 2.37. The first-order chi connectivity index (χ1) is 8.20. The van der Waals surface area contributed by atoms with Crippen molar-refractivity contribution in [3.63, 3.8) is 0 Å². The van der Waals surface area contributed by atoms with Crippen LogP contribution in [0.1, 0.15) is 12.8 Å². The molecule has 1 fully saturated rings. The van der Waals surface area contributed by atoms with Crippen LogP contribution in [0.5, 0.6) is 0 Å². The van der Waals surface area contributed by atoms with Crippen LogP contribution in [0.3, 0.4) is 0 Å². The van der Waals surface area contributed by atoms with E-state index in [1.165, 1.54) is 0 Å². The number of nitrogen functional groups attached to an aromatic ring is 1. The summed E-state index contributed by atoms with van der Waals surface area (Å²) in [6, 6.07) is 5.66. The Balaban J connectivity index is 2.02. The van der Waals surface area contributed by atoms with Crippen LogP contribution in [-0.2, 0) is 4.74 Å². The van der Waals surface area contributed by atoms with Crippen LogP contribution in [0.25, 0.3) is 0 Å². The van der Waals surface area contributed by atoms with Gasteiger partial charge in [-0.3, -0.25) is 0 Å². The van der Waals surface area contributed by atoms with Crippen LogP contribution >= 0.6 is 11.6 Å². The predicted octanol–water partition coefficient (Wildman–Crippen LogP) is 2.79. The SMILES string of the molecule is COCC1CCN(c2cc(Cl)ccc2N)CC1. The molecule has 0 amide bonds. The highest BCUT2D eigenvalue weighted by atomic mass is 35.5. The Morgan fingerprint density at radius 2 is 2.12 bits per heavy atom. The number of piperidine rings is 1. The summed E-state index contributed by atoms with van der Waals surface area (Å²) in [5.41, 5.74) is 7.86. The normalized spacial score (nSPS) is 17.4. The first-order valence-electron chi connectivity index (χ1n) is 5.99. The van der Waals surface area contributed by atoms with Gasteiger partial charge in [0.15, 0.2) is 0 Å². The standard InChI is InChI=1S/C13H19ClN2O/c1-17-9-10-4-6-16(7-5-10)13-8-11(14)2-3-12(13)15/h2-3,8,10H,4-7,9,15H2,1H3. The van der Waals surface area contributed by atoms with E-state index in [1.54, 1.807) is 7.11 Å². The van der Waals surface area contributed by atoms with Crippen molar-refractivity contribution in [1.29, 1.82) is 0 Å². The van der Waals surface area contributed by atoms with Gasteiger partial charge in [0.05, 0.1) is 11.4 Å². The molecule has 0 unspecified atom stereocenters. The quantitative estimate of drug-likeness (QED) is 0.843. The number of rotatable bonds is 3. The highest BCUT2D eigenvalue weighted by Crippen LogP contribution is 2.30. The van der Waals surface area contributed by atoms with Crippen molar-refractivity contribution in [2.24, 2.45) is 5.92 Å². The number of halogens is 1. The number of anilines is 2. The van der Waals surface area contributed by atoms with Gasteiger partial charge in [-0.15, -0.1) is 0 Å². The highest BCUT2D eigenvalue weighted by molar-refractivity contribution is 6.31. The molecule has 1 aliphatic heterocycles. The minimum Gasteiger partial charge on any atom is -0.397 e. The van der Waals surface area contributed by atoms with E-state index in [-0.39, 0.29) is 0 Å².